The predicted octanol–water partition coefficient (Wildman–Crippen LogP) is 4.88. The number of rotatable bonds is 4. The van der Waals surface area contributed by atoms with Crippen LogP contribution in [0.4, 0.5) is 17.6 Å². The summed E-state index contributed by atoms with van der Waals surface area (Å²) in [6, 6.07) is 0. The minimum Gasteiger partial charge on any atom is -0.204 e. The van der Waals surface area contributed by atoms with Crippen molar-refractivity contribution < 1.29 is 17.6 Å². The van der Waals surface area contributed by atoms with E-state index in [0.717, 1.165) is 19.3 Å². The molecule has 4 aliphatic rings. The molecule has 0 spiro atoms. The molecule has 4 rings (SSSR count). The molecular weight excluding hydrogens is 244 g/mol. The molecule has 0 aliphatic heterocycles. The Balaban J connectivity index is 1.66. The molecule has 4 heteroatoms. The lowest BCUT2D eigenvalue weighted by atomic mass is 9.48. The molecule has 4 fully saturated rings. The van der Waals surface area contributed by atoms with Gasteiger partial charge >= 0.3 is 12.3 Å². The minimum atomic E-state index is -3.79. The summed E-state index contributed by atoms with van der Waals surface area (Å²) in [4.78, 5) is 0. The molecule has 0 heterocycles. The van der Waals surface area contributed by atoms with Gasteiger partial charge in [-0.25, -0.2) is 17.6 Å². The molecule has 104 valence electrons. The molecule has 0 aromatic rings. The van der Waals surface area contributed by atoms with Gasteiger partial charge in [0.05, 0.1) is 0 Å². The van der Waals surface area contributed by atoms with Gasteiger partial charge in [-0.3, -0.25) is 0 Å². The van der Waals surface area contributed by atoms with Crippen molar-refractivity contribution in [1.82, 2.24) is 0 Å². The summed E-state index contributed by atoms with van der Waals surface area (Å²) in [5, 5.41) is 0. The Bertz CT molecular complexity index is 288. The largest absolute Gasteiger partial charge is 0.307 e. The smallest absolute Gasteiger partial charge is 0.204 e. The lowest BCUT2D eigenvalue weighted by Crippen LogP contribution is -2.46. The maximum Gasteiger partial charge on any atom is 0.307 e. The summed E-state index contributed by atoms with van der Waals surface area (Å²) >= 11 is 0. The number of halogens is 4. The Morgan fingerprint density at radius 2 is 1.39 bits per heavy atom. The Labute approximate surface area is 105 Å². The first-order valence-corrected chi connectivity index (χ1v) is 7.05. The molecular formula is C14H20F4. The van der Waals surface area contributed by atoms with Crippen molar-refractivity contribution in [3.05, 3.63) is 0 Å². The van der Waals surface area contributed by atoms with Crippen LogP contribution in [0.15, 0.2) is 0 Å². The molecule has 0 nitrogen and oxygen atoms in total. The normalized spacial score (nSPS) is 42.8. The summed E-state index contributed by atoms with van der Waals surface area (Å²) in [7, 11) is 0. The van der Waals surface area contributed by atoms with Crippen LogP contribution in [0.1, 0.15) is 51.4 Å². The third kappa shape index (κ3) is 2.16. The highest BCUT2D eigenvalue weighted by molar-refractivity contribution is 5.01. The van der Waals surface area contributed by atoms with Gasteiger partial charge in [0.15, 0.2) is 0 Å². The van der Waals surface area contributed by atoms with E-state index in [9.17, 15) is 17.6 Å². The molecule has 0 radical (unpaired) electrons. The second-order valence-corrected chi connectivity index (χ2v) is 6.98. The van der Waals surface area contributed by atoms with E-state index in [-0.39, 0.29) is 5.41 Å². The molecule has 0 N–H and O–H groups in total. The second kappa shape index (κ2) is 4.11. The highest BCUT2D eigenvalue weighted by atomic mass is 19.3. The average molecular weight is 264 g/mol. The molecule has 0 aromatic heterocycles. The molecule has 0 unspecified atom stereocenters. The van der Waals surface area contributed by atoms with Gasteiger partial charge in [-0.05, 0) is 68.1 Å². The van der Waals surface area contributed by atoms with Crippen LogP contribution in [-0.4, -0.2) is 12.3 Å². The van der Waals surface area contributed by atoms with Gasteiger partial charge < -0.3 is 0 Å². The Morgan fingerprint density at radius 1 is 0.944 bits per heavy atom. The predicted molar refractivity (Wildman–Crippen MR) is 60.8 cm³/mol. The van der Waals surface area contributed by atoms with Crippen LogP contribution in [0.3, 0.4) is 0 Å². The van der Waals surface area contributed by atoms with Crippen molar-refractivity contribution in [1.29, 1.82) is 0 Å². The number of hydrogen-bond acceptors (Lipinski definition) is 0. The topological polar surface area (TPSA) is 0 Å². The van der Waals surface area contributed by atoms with E-state index in [0.29, 0.717) is 24.2 Å². The van der Waals surface area contributed by atoms with Crippen molar-refractivity contribution in [3.63, 3.8) is 0 Å². The fourth-order valence-electron chi connectivity index (χ4n) is 5.14. The van der Waals surface area contributed by atoms with E-state index in [4.69, 9.17) is 0 Å². The summed E-state index contributed by atoms with van der Waals surface area (Å²) in [6.45, 7) is 0. The van der Waals surface area contributed by atoms with E-state index in [2.05, 4.69) is 0 Å². The first kappa shape index (κ1) is 12.7. The zero-order valence-corrected chi connectivity index (χ0v) is 10.5. The van der Waals surface area contributed by atoms with Gasteiger partial charge in [0.25, 0.3) is 0 Å². The Morgan fingerprint density at radius 3 is 1.78 bits per heavy atom. The standard InChI is InChI=1S/C14H20F4/c15-12(16)14(17,18)2-1-13-6-9-3-10(7-13)5-11(4-9)8-13/h9-12H,1-8H2. The molecule has 18 heavy (non-hydrogen) atoms. The maximum atomic E-state index is 13.1. The summed E-state index contributed by atoms with van der Waals surface area (Å²) < 4.78 is 50.6. The zero-order valence-electron chi connectivity index (χ0n) is 10.5. The van der Waals surface area contributed by atoms with Crippen LogP contribution < -0.4 is 0 Å². The second-order valence-electron chi connectivity index (χ2n) is 6.98. The zero-order chi connectivity index (χ0) is 13.0. The third-order valence-corrected chi connectivity index (χ3v) is 5.47. The van der Waals surface area contributed by atoms with Crippen LogP contribution >= 0.6 is 0 Å². The van der Waals surface area contributed by atoms with Crippen LogP contribution in [0.2, 0.25) is 0 Å². The van der Waals surface area contributed by atoms with Crippen LogP contribution in [0.5, 0.6) is 0 Å². The fraction of sp³-hybridized carbons (Fsp3) is 1.00. The first-order valence-electron chi connectivity index (χ1n) is 7.05. The van der Waals surface area contributed by atoms with Gasteiger partial charge in [-0.1, -0.05) is 0 Å². The highest BCUT2D eigenvalue weighted by Gasteiger charge is 2.52. The third-order valence-electron chi connectivity index (χ3n) is 5.47. The van der Waals surface area contributed by atoms with E-state index in [1.54, 1.807) is 0 Å². The van der Waals surface area contributed by atoms with Crippen molar-refractivity contribution >= 4 is 0 Å². The Hall–Kier alpha value is -0.280. The summed E-state index contributed by atoms with van der Waals surface area (Å²) in [5.74, 6) is -1.71. The van der Waals surface area contributed by atoms with Crippen molar-refractivity contribution in [2.24, 2.45) is 23.2 Å². The van der Waals surface area contributed by atoms with Gasteiger partial charge in [-0.2, -0.15) is 0 Å². The van der Waals surface area contributed by atoms with E-state index < -0.39 is 18.8 Å². The lowest BCUT2D eigenvalue weighted by Gasteiger charge is -2.57. The minimum absolute atomic E-state index is 0.0208. The van der Waals surface area contributed by atoms with Crippen LogP contribution in [0.25, 0.3) is 0 Å². The lowest BCUT2D eigenvalue weighted by molar-refractivity contribution is -0.147. The molecule has 0 saturated heterocycles. The molecule has 0 atom stereocenters. The van der Waals surface area contributed by atoms with Gasteiger partial charge in [-0.15, -0.1) is 0 Å². The SMILES string of the molecule is FC(F)C(F)(F)CCC12CC3CC(CC(C3)C1)C2. The van der Waals surface area contributed by atoms with Crippen molar-refractivity contribution in [2.75, 3.05) is 0 Å². The molecule has 4 bridgehead atoms. The van der Waals surface area contributed by atoms with Crippen molar-refractivity contribution in [3.8, 4) is 0 Å². The maximum absolute atomic E-state index is 13.1. The van der Waals surface area contributed by atoms with E-state index in [1.165, 1.54) is 19.3 Å². The quantitative estimate of drug-likeness (QED) is 0.635. The molecule has 0 amide bonds. The number of hydrogen-bond donors (Lipinski definition) is 0. The average Bonchev–Trinajstić information content (AvgIpc) is 2.24. The molecule has 0 aromatic carbocycles. The van der Waals surface area contributed by atoms with Gasteiger partial charge in [0, 0.05) is 6.42 Å². The Kier molecular flexibility index (Phi) is 2.91. The van der Waals surface area contributed by atoms with Crippen LogP contribution in [0, 0.1) is 23.2 Å². The molecule has 4 aliphatic carbocycles. The van der Waals surface area contributed by atoms with Crippen molar-refractivity contribution in [2.45, 2.75) is 63.7 Å². The molecule has 4 saturated carbocycles. The van der Waals surface area contributed by atoms with E-state index >= 15 is 0 Å². The van der Waals surface area contributed by atoms with Crippen LogP contribution in [-0.2, 0) is 0 Å². The summed E-state index contributed by atoms with van der Waals surface area (Å²) in [5.41, 5.74) is -0.0208. The highest BCUT2D eigenvalue weighted by Crippen LogP contribution is 2.62. The monoisotopic (exact) mass is 264 g/mol. The van der Waals surface area contributed by atoms with Gasteiger partial charge in [0.2, 0.25) is 0 Å². The summed E-state index contributed by atoms with van der Waals surface area (Å²) in [6.07, 6.45) is 2.96. The number of alkyl halides is 4. The first-order chi connectivity index (χ1) is 8.39. The van der Waals surface area contributed by atoms with Gasteiger partial charge in [0.1, 0.15) is 0 Å². The fourth-order valence-corrected chi connectivity index (χ4v) is 5.14. The van der Waals surface area contributed by atoms with E-state index in [1.807, 2.05) is 0 Å².